The van der Waals surface area contributed by atoms with Crippen molar-refractivity contribution < 1.29 is 14.3 Å². The van der Waals surface area contributed by atoms with Gasteiger partial charge in [-0.1, -0.05) is 12.1 Å². The molecule has 7 nitrogen and oxygen atoms in total. The van der Waals surface area contributed by atoms with Gasteiger partial charge in [0.15, 0.2) is 0 Å². The summed E-state index contributed by atoms with van der Waals surface area (Å²) in [6.07, 6.45) is 3.13. The molecule has 0 saturated heterocycles. The number of aromatic amines is 1. The maximum Gasteiger partial charge on any atom is 0.340 e. The third-order valence-electron chi connectivity index (χ3n) is 5.20. The fourth-order valence-corrected chi connectivity index (χ4v) is 3.71. The van der Waals surface area contributed by atoms with Crippen LogP contribution >= 0.6 is 0 Å². The number of carbonyl (C=O) groups is 2. The molecule has 2 aromatic heterocycles. The van der Waals surface area contributed by atoms with Crippen LogP contribution in [0, 0.1) is 13.8 Å². The third kappa shape index (κ3) is 4.15. The molecule has 0 saturated carbocycles. The van der Waals surface area contributed by atoms with E-state index in [1.54, 1.807) is 13.0 Å². The van der Waals surface area contributed by atoms with E-state index >= 15 is 0 Å². The number of aromatic nitrogens is 3. The highest BCUT2D eigenvalue weighted by molar-refractivity contribution is 5.99. The Bertz CT molecular complexity index is 1070. The Morgan fingerprint density at radius 1 is 1.23 bits per heavy atom. The van der Waals surface area contributed by atoms with Crippen LogP contribution in [-0.4, -0.2) is 33.0 Å². The van der Waals surface area contributed by atoms with Gasteiger partial charge < -0.3 is 19.6 Å². The van der Waals surface area contributed by atoms with Gasteiger partial charge in [0.1, 0.15) is 5.82 Å². The molecule has 3 aromatic rings. The monoisotopic (exact) mass is 408 g/mol. The lowest BCUT2D eigenvalue weighted by atomic mass is 10.1. The van der Waals surface area contributed by atoms with Crippen molar-refractivity contribution in [1.29, 1.82) is 0 Å². The average molecular weight is 409 g/mol. The van der Waals surface area contributed by atoms with E-state index in [1.165, 1.54) is 6.08 Å². The van der Waals surface area contributed by atoms with Gasteiger partial charge in [-0.05, 0) is 52.8 Å². The van der Waals surface area contributed by atoms with Crippen LogP contribution in [-0.2, 0) is 16.1 Å². The van der Waals surface area contributed by atoms with Crippen molar-refractivity contribution in [2.24, 2.45) is 0 Å². The van der Waals surface area contributed by atoms with Gasteiger partial charge in [-0.3, -0.25) is 4.79 Å². The number of esters is 1. The topological polar surface area (TPSA) is 89.0 Å². The SMILES string of the molecule is CCOC(=O)c1c(/C=C/C(=O)NC(C)c2nc3ccccc3[nH]2)c(C)n(CC)c1C. The number of benzene rings is 1. The molecule has 0 bridgehead atoms. The Morgan fingerprint density at radius 3 is 2.63 bits per heavy atom. The third-order valence-corrected chi connectivity index (χ3v) is 5.20. The highest BCUT2D eigenvalue weighted by Crippen LogP contribution is 2.25. The Kier molecular flexibility index (Phi) is 6.40. The molecule has 1 amide bonds. The number of fused-ring (bicyclic) bond motifs is 1. The summed E-state index contributed by atoms with van der Waals surface area (Å²) in [5, 5.41) is 2.91. The lowest BCUT2D eigenvalue weighted by Gasteiger charge is -2.09. The van der Waals surface area contributed by atoms with E-state index in [-0.39, 0.29) is 17.9 Å². The number of hydrogen-bond acceptors (Lipinski definition) is 4. The molecule has 158 valence electrons. The molecule has 1 unspecified atom stereocenters. The normalized spacial score (nSPS) is 12.4. The molecule has 1 atom stereocenters. The Balaban J connectivity index is 1.80. The van der Waals surface area contributed by atoms with Crippen molar-refractivity contribution in [1.82, 2.24) is 19.9 Å². The summed E-state index contributed by atoms with van der Waals surface area (Å²) in [5.41, 5.74) is 4.76. The number of imidazole rings is 1. The van der Waals surface area contributed by atoms with Gasteiger partial charge in [0.25, 0.3) is 0 Å². The molecule has 2 N–H and O–H groups in total. The number of carbonyl (C=O) groups excluding carboxylic acids is 2. The summed E-state index contributed by atoms with van der Waals surface area (Å²) < 4.78 is 7.26. The summed E-state index contributed by atoms with van der Waals surface area (Å²) in [6.45, 7) is 10.5. The van der Waals surface area contributed by atoms with Crippen LogP contribution in [0.1, 0.15) is 59.9 Å². The van der Waals surface area contributed by atoms with Crippen molar-refractivity contribution in [3.8, 4) is 0 Å². The molecule has 7 heteroatoms. The Hall–Kier alpha value is -3.35. The molecule has 2 heterocycles. The maximum absolute atomic E-state index is 12.5. The first-order valence-corrected chi connectivity index (χ1v) is 10.2. The van der Waals surface area contributed by atoms with E-state index < -0.39 is 0 Å². The van der Waals surface area contributed by atoms with Crippen LogP contribution < -0.4 is 5.32 Å². The number of hydrogen-bond donors (Lipinski definition) is 2. The van der Waals surface area contributed by atoms with Gasteiger partial charge in [-0.15, -0.1) is 0 Å². The molecule has 0 aliphatic rings. The number of H-pyrrole nitrogens is 1. The van der Waals surface area contributed by atoms with E-state index in [1.807, 2.05) is 56.5 Å². The Labute approximate surface area is 176 Å². The number of para-hydroxylation sites is 2. The first kappa shape index (κ1) is 21.4. The predicted octanol–water partition coefficient (Wildman–Crippen LogP) is 4.07. The summed E-state index contributed by atoms with van der Waals surface area (Å²) in [5.74, 6) is 0.0504. The summed E-state index contributed by atoms with van der Waals surface area (Å²) >= 11 is 0. The molecule has 1 aromatic carbocycles. The zero-order chi connectivity index (χ0) is 21.8. The second kappa shape index (κ2) is 8.98. The molecular formula is C23H28N4O3. The minimum Gasteiger partial charge on any atom is -0.462 e. The van der Waals surface area contributed by atoms with Crippen molar-refractivity contribution in [2.45, 2.75) is 47.2 Å². The molecule has 0 aliphatic heterocycles. The van der Waals surface area contributed by atoms with Gasteiger partial charge in [-0.25, -0.2) is 9.78 Å². The highest BCUT2D eigenvalue weighted by atomic mass is 16.5. The number of ether oxygens (including phenoxy) is 1. The zero-order valence-electron chi connectivity index (χ0n) is 18.1. The molecule has 0 radical (unpaired) electrons. The van der Waals surface area contributed by atoms with Gasteiger partial charge in [0, 0.05) is 29.6 Å². The molecule has 0 spiro atoms. The molecular weight excluding hydrogens is 380 g/mol. The van der Waals surface area contributed by atoms with Crippen molar-refractivity contribution in [3.63, 3.8) is 0 Å². The number of amides is 1. The Morgan fingerprint density at radius 2 is 1.97 bits per heavy atom. The fourth-order valence-electron chi connectivity index (χ4n) is 3.71. The van der Waals surface area contributed by atoms with Crippen LogP contribution in [0.2, 0.25) is 0 Å². The van der Waals surface area contributed by atoms with E-state index in [0.29, 0.717) is 23.6 Å². The second-order valence-corrected chi connectivity index (χ2v) is 7.13. The van der Waals surface area contributed by atoms with Crippen LogP contribution in [0.4, 0.5) is 0 Å². The van der Waals surface area contributed by atoms with Gasteiger partial charge >= 0.3 is 5.97 Å². The average Bonchev–Trinajstić information content (AvgIpc) is 3.25. The van der Waals surface area contributed by atoms with Gasteiger partial charge in [0.2, 0.25) is 5.91 Å². The van der Waals surface area contributed by atoms with E-state index in [4.69, 9.17) is 4.74 Å². The second-order valence-electron chi connectivity index (χ2n) is 7.13. The standard InChI is InChI=1S/C23H28N4O3/c1-6-27-15(4)17(21(16(27)5)23(29)30-7-2)12-13-20(28)24-14(3)22-25-18-10-8-9-11-19(18)26-22/h8-14H,6-7H2,1-5H3,(H,24,28)(H,25,26)/b13-12+. The number of rotatable bonds is 7. The number of nitrogens with zero attached hydrogens (tertiary/aromatic N) is 2. The maximum atomic E-state index is 12.5. The van der Waals surface area contributed by atoms with Crippen LogP contribution in [0.3, 0.4) is 0 Å². The van der Waals surface area contributed by atoms with E-state index in [2.05, 4.69) is 15.3 Å². The smallest absolute Gasteiger partial charge is 0.340 e. The summed E-state index contributed by atoms with van der Waals surface area (Å²) in [7, 11) is 0. The van der Waals surface area contributed by atoms with Crippen LogP contribution in [0.5, 0.6) is 0 Å². The van der Waals surface area contributed by atoms with Crippen molar-refractivity contribution in [2.75, 3.05) is 6.61 Å². The molecule has 0 fully saturated rings. The first-order valence-electron chi connectivity index (χ1n) is 10.2. The largest absolute Gasteiger partial charge is 0.462 e. The highest BCUT2D eigenvalue weighted by Gasteiger charge is 2.22. The van der Waals surface area contributed by atoms with Gasteiger partial charge in [-0.2, -0.15) is 0 Å². The van der Waals surface area contributed by atoms with Crippen LogP contribution in [0.15, 0.2) is 30.3 Å². The molecule has 3 rings (SSSR count). The van der Waals surface area contributed by atoms with Crippen molar-refractivity contribution >= 4 is 29.0 Å². The predicted molar refractivity (Wildman–Crippen MR) is 117 cm³/mol. The summed E-state index contributed by atoms with van der Waals surface area (Å²) in [4.78, 5) is 32.8. The fraction of sp³-hybridized carbons (Fsp3) is 0.348. The minimum atomic E-state index is -0.374. The van der Waals surface area contributed by atoms with E-state index in [9.17, 15) is 9.59 Å². The molecule has 0 aliphatic carbocycles. The lowest BCUT2D eigenvalue weighted by Crippen LogP contribution is -2.25. The number of nitrogens with one attached hydrogen (secondary N) is 2. The van der Waals surface area contributed by atoms with Gasteiger partial charge in [0.05, 0.1) is 29.2 Å². The molecule has 30 heavy (non-hydrogen) atoms. The van der Waals surface area contributed by atoms with Crippen molar-refractivity contribution in [3.05, 3.63) is 58.7 Å². The lowest BCUT2D eigenvalue weighted by molar-refractivity contribution is -0.117. The zero-order valence-corrected chi connectivity index (χ0v) is 18.1. The quantitative estimate of drug-likeness (QED) is 0.456. The van der Waals surface area contributed by atoms with Crippen LogP contribution in [0.25, 0.3) is 17.1 Å². The van der Waals surface area contributed by atoms with E-state index in [0.717, 1.165) is 29.0 Å². The summed E-state index contributed by atoms with van der Waals surface area (Å²) in [6, 6.07) is 7.43. The minimum absolute atomic E-state index is 0.265. The first-order chi connectivity index (χ1) is 14.4.